The van der Waals surface area contributed by atoms with Crippen LogP contribution in [0.5, 0.6) is 0 Å². The Morgan fingerprint density at radius 1 is 0.952 bits per heavy atom. The molecular formula is C15H13BrN4S. The number of nitrogens with zero attached hydrogens (tertiary/aromatic N) is 4. The molecule has 3 aromatic rings. The number of halogens is 1. The smallest absolute Gasteiger partial charge is 0.159 e. The second-order valence-corrected chi connectivity index (χ2v) is 6.36. The molecule has 0 spiro atoms. The highest BCUT2D eigenvalue weighted by Crippen LogP contribution is 2.20. The molecule has 106 valence electrons. The summed E-state index contributed by atoms with van der Waals surface area (Å²) in [5.74, 6) is 0.838. The van der Waals surface area contributed by atoms with Crippen molar-refractivity contribution >= 4 is 27.7 Å². The predicted molar refractivity (Wildman–Crippen MR) is 87.1 cm³/mol. The van der Waals surface area contributed by atoms with Gasteiger partial charge in [0.2, 0.25) is 5.16 Å². The van der Waals surface area contributed by atoms with Crippen molar-refractivity contribution in [1.82, 2.24) is 20.2 Å². The van der Waals surface area contributed by atoms with E-state index < -0.39 is 0 Å². The monoisotopic (exact) mass is 360 g/mol. The lowest BCUT2D eigenvalue weighted by Gasteiger charge is -1.99. The van der Waals surface area contributed by atoms with E-state index in [9.17, 15) is 0 Å². The average Bonchev–Trinajstić information content (AvgIpc) is 2.95. The minimum absolute atomic E-state index is 0.646. The maximum absolute atomic E-state index is 4.39. The first-order chi connectivity index (χ1) is 10.3. The summed E-state index contributed by atoms with van der Waals surface area (Å²) in [6.45, 7) is 0.646. The molecule has 0 aliphatic heterocycles. The van der Waals surface area contributed by atoms with Crippen molar-refractivity contribution in [3.8, 4) is 0 Å². The normalized spacial score (nSPS) is 10.7. The second-order valence-electron chi connectivity index (χ2n) is 4.50. The molecule has 0 saturated carbocycles. The molecule has 0 aliphatic rings. The number of tetrazole rings is 1. The Morgan fingerprint density at radius 3 is 2.48 bits per heavy atom. The van der Waals surface area contributed by atoms with Crippen molar-refractivity contribution in [2.75, 3.05) is 0 Å². The molecule has 0 fully saturated rings. The Kier molecular flexibility index (Phi) is 4.67. The highest BCUT2D eigenvalue weighted by atomic mass is 79.9. The van der Waals surface area contributed by atoms with Gasteiger partial charge in [-0.15, -0.1) is 10.2 Å². The van der Waals surface area contributed by atoms with Gasteiger partial charge in [0, 0.05) is 10.2 Å². The molecule has 4 nitrogen and oxygen atoms in total. The van der Waals surface area contributed by atoms with Crippen molar-refractivity contribution < 1.29 is 0 Å². The van der Waals surface area contributed by atoms with Crippen LogP contribution in [-0.2, 0) is 12.3 Å². The van der Waals surface area contributed by atoms with E-state index >= 15 is 0 Å². The van der Waals surface area contributed by atoms with Crippen LogP contribution in [0.4, 0.5) is 0 Å². The maximum atomic E-state index is 4.39. The van der Waals surface area contributed by atoms with Crippen LogP contribution < -0.4 is 0 Å². The van der Waals surface area contributed by atoms with Crippen LogP contribution in [0.1, 0.15) is 11.1 Å². The summed E-state index contributed by atoms with van der Waals surface area (Å²) in [5, 5.41) is 13.3. The summed E-state index contributed by atoms with van der Waals surface area (Å²) in [7, 11) is 0. The van der Waals surface area contributed by atoms with Crippen molar-refractivity contribution in [2.45, 2.75) is 17.5 Å². The van der Waals surface area contributed by atoms with Crippen molar-refractivity contribution in [3.63, 3.8) is 0 Å². The molecule has 3 rings (SSSR count). The van der Waals surface area contributed by atoms with Crippen LogP contribution in [0, 0.1) is 0 Å². The molecule has 0 bridgehead atoms. The summed E-state index contributed by atoms with van der Waals surface area (Å²) in [4.78, 5) is 1.62. The third-order valence-corrected chi connectivity index (χ3v) is 4.31. The minimum Gasteiger partial charge on any atom is -0.159 e. The van der Waals surface area contributed by atoms with Gasteiger partial charge in [0.05, 0.1) is 6.54 Å². The fraction of sp³-hybridized carbons (Fsp3) is 0.133. The molecule has 1 aromatic heterocycles. The molecule has 0 unspecified atom stereocenters. The van der Waals surface area contributed by atoms with E-state index in [1.165, 1.54) is 11.1 Å². The standard InChI is InChI=1S/C15H13BrN4S/c16-14-8-6-13(7-9-14)11-21-15-17-19-20(18-15)10-12-4-2-1-3-5-12/h1-9H,10-11H2. The summed E-state index contributed by atoms with van der Waals surface area (Å²) < 4.78 is 1.09. The number of rotatable bonds is 5. The Balaban J connectivity index is 1.59. The fourth-order valence-corrected chi connectivity index (χ4v) is 2.83. The predicted octanol–water partition coefficient (Wildman–Crippen LogP) is 3.78. The number of hydrogen-bond donors (Lipinski definition) is 0. The van der Waals surface area contributed by atoms with Crippen LogP contribution >= 0.6 is 27.7 Å². The van der Waals surface area contributed by atoms with Crippen LogP contribution in [0.15, 0.2) is 64.2 Å². The number of hydrogen-bond acceptors (Lipinski definition) is 4. The van der Waals surface area contributed by atoms with E-state index in [0.717, 1.165) is 10.2 Å². The lowest BCUT2D eigenvalue weighted by atomic mass is 10.2. The van der Waals surface area contributed by atoms with Crippen molar-refractivity contribution in [1.29, 1.82) is 0 Å². The zero-order valence-corrected chi connectivity index (χ0v) is 13.6. The molecule has 0 radical (unpaired) electrons. The van der Waals surface area contributed by atoms with Gasteiger partial charge in [0.1, 0.15) is 0 Å². The number of benzene rings is 2. The van der Waals surface area contributed by atoms with E-state index in [0.29, 0.717) is 11.7 Å². The van der Waals surface area contributed by atoms with E-state index in [1.54, 1.807) is 16.6 Å². The zero-order valence-electron chi connectivity index (χ0n) is 11.2. The molecule has 0 amide bonds. The topological polar surface area (TPSA) is 43.6 Å². The molecule has 0 atom stereocenters. The quantitative estimate of drug-likeness (QED) is 0.649. The first-order valence-corrected chi connectivity index (χ1v) is 8.26. The average molecular weight is 361 g/mol. The van der Waals surface area contributed by atoms with E-state index in [2.05, 4.69) is 55.6 Å². The van der Waals surface area contributed by atoms with Gasteiger partial charge in [0.15, 0.2) is 0 Å². The van der Waals surface area contributed by atoms with Crippen LogP contribution in [0.2, 0.25) is 0 Å². The minimum atomic E-state index is 0.646. The van der Waals surface area contributed by atoms with Gasteiger partial charge in [-0.1, -0.05) is 70.2 Å². The summed E-state index contributed by atoms with van der Waals surface area (Å²) in [5.41, 5.74) is 2.40. The number of aromatic nitrogens is 4. The summed E-state index contributed by atoms with van der Waals surface area (Å²) in [6.07, 6.45) is 0. The third kappa shape index (κ3) is 4.15. The molecule has 2 aromatic carbocycles. The third-order valence-electron chi connectivity index (χ3n) is 2.88. The van der Waals surface area contributed by atoms with Crippen LogP contribution in [0.25, 0.3) is 0 Å². The van der Waals surface area contributed by atoms with Gasteiger partial charge < -0.3 is 0 Å². The van der Waals surface area contributed by atoms with Crippen LogP contribution in [0.3, 0.4) is 0 Å². The first-order valence-electron chi connectivity index (χ1n) is 6.48. The van der Waals surface area contributed by atoms with Gasteiger partial charge in [-0.25, -0.2) is 0 Å². The SMILES string of the molecule is Brc1ccc(CSc2nnn(Cc3ccccc3)n2)cc1. The lowest BCUT2D eigenvalue weighted by Crippen LogP contribution is -2.03. The molecule has 1 heterocycles. The Hall–Kier alpha value is -1.66. The number of thioether (sulfide) groups is 1. The van der Waals surface area contributed by atoms with Gasteiger partial charge in [-0.05, 0) is 28.5 Å². The molecule has 6 heteroatoms. The van der Waals surface area contributed by atoms with E-state index in [4.69, 9.17) is 0 Å². The fourth-order valence-electron chi connectivity index (χ4n) is 1.83. The Morgan fingerprint density at radius 2 is 1.71 bits per heavy atom. The van der Waals surface area contributed by atoms with E-state index in [-0.39, 0.29) is 0 Å². The van der Waals surface area contributed by atoms with Gasteiger partial charge in [0.25, 0.3) is 0 Å². The zero-order chi connectivity index (χ0) is 14.5. The second kappa shape index (κ2) is 6.87. The summed E-state index contributed by atoms with van der Waals surface area (Å²) >= 11 is 5.02. The van der Waals surface area contributed by atoms with Crippen molar-refractivity contribution in [2.24, 2.45) is 0 Å². The maximum Gasteiger partial charge on any atom is 0.231 e. The summed E-state index contributed by atoms with van der Waals surface area (Å²) in [6, 6.07) is 18.4. The molecular weight excluding hydrogens is 348 g/mol. The molecule has 21 heavy (non-hydrogen) atoms. The Labute approximate surface area is 135 Å². The van der Waals surface area contributed by atoms with Gasteiger partial charge in [-0.3, -0.25) is 0 Å². The molecule has 0 aliphatic carbocycles. The van der Waals surface area contributed by atoms with Crippen molar-refractivity contribution in [3.05, 3.63) is 70.2 Å². The lowest BCUT2D eigenvalue weighted by molar-refractivity contribution is 0.569. The van der Waals surface area contributed by atoms with Crippen LogP contribution in [-0.4, -0.2) is 20.2 Å². The van der Waals surface area contributed by atoms with E-state index in [1.807, 2.05) is 30.3 Å². The van der Waals surface area contributed by atoms with Gasteiger partial charge >= 0.3 is 0 Å². The highest BCUT2D eigenvalue weighted by Gasteiger charge is 2.04. The Bertz CT molecular complexity index is 697. The van der Waals surface area contributed by atoms with Gasteiger partial charge in [-0.2, -0.15) is 4.80 Å². The highest BCUT2D eigenvalue weighted by molar-refractivity contribution is 9.10. The molecule has 0 saturated heterocycles. The first kappa shape index (κ1) is 14.3. The largest absolute Gasteiger partial charge is 0.231 e. The molecule has 0 N–H and O–H groups in total.